The minimum Gasteiger partial charge on any atom is -1.00 e. The second kappa shape index (κ2) is 11.1. The fourth-order valence-corrected chi connectivity index (χ4v) is 9.50. The third kappa shape index (κ3) is 4.45. The Labute approximate surface area is 227 Å². The molecule has 1 heterocycles. The highest BCUT2D eigenvalue weighted by atomic mass is 127. The first-order chi connectivity index (χ1) is 16.2. The first kappa shape index (κ1) is 25.0. The fourth-order valence-electron chi connectivity index (χ4n) is 4.16. The molecule has 0 spiro atoms. The molecule has 0 radical (unpaired) electrons. The van der Waals surface area contributed by atoms with E-state index >= 15 is 0 Å². The number of thioether (sulfide) groups is 1. The molecule has 0 saturated heterocycles. The van der Waals surface area contributed by atoms with Crippen LogP contribution in [0.25, 0.3) is 11.5 Å². The third-order valence-electron chi connectivity index (χ3n) is 5.62. The van der Waals surface area contributed by atoms with Crippen molar-refractivity contribution in [1.29, 1.82) is 0 Å². The van der Waals surface area contributed by atoms with Gasteiger partial charge in [-0.3, -0.25) is 0 Å². The van der Waals surface area contributed by atoms with Crippen LogP contribution in [0.4, 0.5) is 0 Å². The van der Waals surface area contributed by atoms with E-state index in [0.29, 0.717) is 10.9 Å². The number of oxazole rings is 1. The van der Waals surface area contributed by atoms with E-state index in [2.05, 4.69) is 91.0 Å². The lowest BCUT2D eigenvalue weighted by Crippen LogP contribution is -3.00. The first-order valence-corrected chi connectivity index (χ1v) is 14.0. The summed E-state index contributed by atoms with van der Waals surface area (Å²) in [6, 6.07) is 39.7. The summed E-state index contributed by atoms with van der Waals surface area (Å²) in [6.45, 7) is 0. The quantitative estimate of drug-likeness (QED) is 0.167. The molecular weight excluding hydrogens is 592 g/mol. The van der Waals surface area contributed by atoms with E-state index in [0.717, 1.165) is 16.1 Å². The molecule has 0 atom stereocenters. The zero-order chi connectivity index (χ0) is 22.7. The average Bonchev–Trinajstić information content (AvgIpc) is 3.31. The van der Waals surface area contributed by atoms with Gasteiger partial charge in [0.05, 0.1) is 10.6 Å². The number of aromatic nitrogens is 1. The maximum absolute atomic E-state index is 6.53. The van der Waals surface area contributed by atoms with Gasteiger partial charge in [-0.15, -0.1) is 0 Å². The Bertz CT molecular complexity index is 1270. The number of benzene rings is 4. The Kier molecular flexibility index (Phi) is 8.15. The van der Waals surface area contributed by atoms with Crippen LogP contribution in [0.2, 0.25) is 5.02 Å². The number of nitrogens with zero attached hydrogens (tertiary/aromatic N) is 1. The maximum Gasteiger partial charge on any atom is 0.251 e. The van der Waals surface area contributed by atoms with Crippen LogP contribution in [0, 0.1) is 0 Å². The van der Waals surface area contributed by atoms with Crippen LogP contribution in [0.1, 0.15) is 0 Å². The molecule has 0 unspecified atom stereocenters. The number of rotatable bonds is 6. The molecule has 0 aliphatic carbocycles. The van der Waals surface area contributed by atoms with Crippen molar-refractivity contribution in [2.24, 2.45) is 0 Å². The van der Waals surface area contributed by atoms with E-state index in [1.165, 1.54) is 15.9 Å². The van der Waals surface area contributed by atoms with Gasteiger partial charge in [-0.25, -0.2) is 0 Å². The number of halogens is 2. The van der Waals surface area contributed by atoms with Gasteiger partial charge in [0.2, 0.25) is 11.0 Å². The molecule has 0 amide bonds. The summed E-state index contributed by atoms with van der Waals surface area (Å²) in [7, 11) is -2.34. The Morgan fingerprint density at radius 2 is 1.12 bits per heavy atom. The predicted octanol–water partition coefficient (Wildman–Crippen LogP) is 3.34. The van der Waals surface area contributed by atoms with E-state index in [-0.39, 0.29) is 24.0 Å². The monoisotopic (exact) mass is 613 g/mol. The first-order valence-electron chi connectivity index (χ1n) is 10.6. The van der Waals surface area contributed by atoms with Crippen molar-refractivity contribution >= 4 is 52.0 Å². The SMILES string of the molecule is CSc1oc(-c2ccccc2Cl)nc1[P+](c1ccccc1)(c1ccccc1)c1ccccc1.[I-]. The standard InChI is InChI=1S/C28H22ClNOPS.HI/c1-33-28-27(30-26(31-28)24-19-11-12-20-25(24)29)32(21-13-5-2-6-14-21,22-15-7-3-8-16-22)23-17-9-4-10-18-23;/h2-20H,1H3;1H/q+1;/p-1. The molecule has 2 nitrogen and oxygen atoms in total. The molecule has 4 aromatic carbocycles. The Morgan fingerprint density at radius 3 is 1.56 bits per heavy atom. The topological polar surface area (TPSA) is 26.0 Å². The lowest BCUT2D eigenvalue weighted by molar-refractivity contribution is -0.00000675. The number of hydrogen-bond acceptors (Lipinski definition) is 3. The summed E-state index contributed by atoms with van der Waals surface area (Å²) in [6.07, 6.45) is 2.04. The summed E-state index contributed by atoms with van der Waals surface area (Å²) in [4.78, 5) is 5.19. The van der Waals surface area contributed by atoms with Gasteiger partial charge in [-0.2, -0.15) is 4.98 Å². The molecule has 0 fully saturated rings. The van der Waals surface area contributed by atoms with Crippen LogP contribution in [0.5, 0.6) is 0 Å². The number of hydrogen-bond donors (Lipinski definition) is 0. The molecule has 0 aliphatic rings. The summed E-state index contributed by atoms with van der Waals surface area (Å²) in [5.41, 5.74) is 1.77. The second-order valence-corrected chi connectivity index (χ2v) is 12.0. The molecule has 34 heavy (non-hydrogen) atoms. The van der Waals surface area contributed by atoms with E-state index in [4.69, 9.17) is 21.0 Å². The van der Waals surface area contributed by atoms with Crippen molar-refractivity contribution < 1.29 is 28.4 Å². The highest BCUT2D eigenvalue weighted by Gasteiger charge is 2.52. The van der Waals surface area contributed by atoms with Crippen molar-refractivity contribution in [2.45, 2.75) is 5.09 Å². The van der Waals surface area contributed by atoms with Crippen LogP contribution >= 0.6 is 30.6 Å². The van der Waals surface area contributed by atoms with Gasteiger partial charge < -0.3 is 28.4 Å². The van der Waals surface area contributed by atoms with Gasteiger partial charge in [0.15, 0.2) is 7.26 Å². The van der Waals surface area contributed by atoms with E-state index in [1.807, 2.05) is 30.5 Å². The highest BCUT2D eigenvalue weighted by Crippen LogP contribution is 2.56. The Hall–Kier alpha value is -2.11. The van der Waals surface area contributed by atoms with Gasteiger partial charge in [0.1, 0.15) is 15.9 Å². The van der Waals surface area contributed by atoms with Crippen LogP contribution in [-0.4, -0.2) is 11.2 Å². The van der Waals surface area contributed by atoms with Crippen molar-refractivity contribution in [1.82, 2.24) is 4.98 Å². The summed E-state index contributed by atoms with van der Waals surface area (Å²) >= 11 is 8.11. The van der Waals surface area contributed by atoms with Gasteiger partial charge in [0.25, 0.3) is 5.44 Å². The van der Waals surface area contributed by atoms with Crippen LogP contribution < -0.4 is 45.3 Å². The van der Waals surface area contributed by atoms with Gasteiger partial charge in [0, 0.05) is 0 Å². The second-order valence-electron chi connectivity index (χ2n) is 7.49. The highest BCUT2D eigenvalue weighted by molar-refractivity contribution is 8.04. The predicted molar refractivity (Wildman–Crippen MR) is 144 cm³/mol. The smallest absolute Gasteiger partial charge is 0.251 e. The summed E-state index contributed by atoms with van der Waals surface area (Å²) < 4.78 is 6.40. The van der Waals surface area contributed by atoms with E-state index in [9.17, 15) is 0 Å². The lowest BCUT2D eigenvalue weighted by atomic mass is 10.2. The Morgan fingerprint density at radius 1 is 0.676 bits per heavy atom. The van der Waals surface area contributed by atoms with Crippen molar-refractivity contribution in [3.63, 3.8) is 0 Å². The van der Waals surface area contributed by atoms with Gasteiger partial charge in [-0.1, -0.05) is 90.1 Å². The molecule has 1 aromatic heterocycles. The summed E-state index contributed by atoms with van der Waals surface area (Å²) in [5.74, 6) is 0.548. The minimum atomic E-state index is -2.34. The molecular formula is C28H22ClINOPS. The van der Waals surface area contributed by atoms with Gasteiger partial charge >= 0.3 is 0 Å². The van der Waals surface area contributed by atoms with Gasteiger partial charge in [-0.05, 0) is 54.8 Å². The largest absolute Gasteiger partial charge is 1.00 e. The molecule has 0 saturated carbocycles. The molecule has 0 aliphatic heterocycles. The van der Waals surface area contributed by atoms with Crippen molar-refractivity contribution in [2.75, 3.05) is 6.26 Å². The zero-order valence-electron chi connectivity index (χ0n) is 18.4. The van der Waals surface area contributed by atoms with Crippen LogP contribution in [0.3, 0.4) is 0 Å². The van der Waals surface area contributed by atoms with Crippen LogP contribution in [-0.2, 0) is 0 Å². The maximum atomic E-state index is 6.53. The van der Waals surface area contributed by atoms with Crippen molar-refractivity contribution in [3.05, 3.63) is 120 Å². The fraction of sp³-hybridized carbons (Fsp3) is 0.0357. The molecule has 5 rings (SSSR count). The molecule has 6 heteroatoms. The lowest BCUT2D eigenvalue weighted by Gasteiger charge is -2.25. The van der Waals surface area contributed by atoms with E-state index in [1.54, 1.807) is 11.8 Å². The summed E-state index contributed by atoms with van der Waals surface area (Å²) in [5, 5.41) is 5.14. The minimum absolute atomic E-state index is 0. The van der Waals surface area contributed by atoms with Crippen molar-refractivity contribution in [3.8, 4) is 11.5 Å². The normalized spacial score (nSPS) is 11.1. The average molecular weight is 614 g/mol. The molecule has 170 valence electrons. The molecule has 0 N–H and O–H groups in total. The molecule has 0 bridgehead atoms. The zero-order valence-corrected chi connectivity index (χ0v) is 23.1. The molecule has 5 aromatic rings. The van der Waals surface area contributed by atoms with E-state index < -0.39 is 7.26 Å². The third-order valence-corrected chi connectivity index (χ3v) is 10.9. The van der Waals surface area contributed by atoms with Crippen LogP contribution in [0.15, 0.2) is 125 Å². The Balaban J connectivity index is 0.00000274.